The summed E-state index contributed by atoms with van der Waals surface area (Å²) in [4.78, 5) is 34.9. The van der Waals surface area contributed by atoms with Gasteiger partial charge in [0.15, 0.2) is 11.9 Å². The van der Waals surface area contributed by atoms with Crippen LogP contribution in [0.25, 0.3) is 5.57 Å². The van der Waals surface area contributed by atoms with E-state index in [4.69, 9.17) is 5.73 Å². The third kappa shape index (κ3) is 4.63. The minimum Gasteiger partial charge on any atom is -0.480 e. The normalized spacial score (nSPS) is 14.9. The number of aliphatic hydroxyl groups is 1. The van der Waals surface area contributed by atoms with E-state index < -0.39 is 36.5 Å². The van der Waals surface area contributed by atoms with Crippen LogP contribution in [-0.2, 0) is 14.4 Å². The summed E-state index contributed by atoms with van der Waals surface area (Å²) in [6.07, 6.45) is 1.74. The molecule has 133 valence electrons. The van der Waals surface area contributed by atoms with Gasteiger partial charge < -0.3 is 26.6 Å². The number of carboxylic acid groups (broad SMARTS) is 1. The standard InChI is InChI=1S/C16H20N4O5/c17-6-14(22)19-13(8-21)15(23)20-12(16(24)25)5-9-7-18-11-4-2-1-3-10(9)11/h1-4,7,12-13,18,21H,5-6,8,17H2,(H,19,22)(H,20,23)(H,24,25)/q+1/t12-,13-/m0/s1. The number of nitrogens with two attached hydrogens (primary N) is 1. The zero-order valence-electron chi connectivity index (χ0n) is 13.4. The number of amides is 2. The van der Waals surface area contributed by atoms with Crippen LogP contribution in [0.3, 0.4) is 0 Å². The zero-order chi connectivity index (χ0) is 18.4. The summed E-state index contributed by atoms with van der Waals surface area (Å²) in [5, 5.41) is 26.2. The number of nitrogens with one attached hydrogen (secondary N) is 3. The number of fused-ring (bicyclic) bond motifs is 1. The van der Waals surface area contributed by atoms with Gasteiger partial charge in [-0.25, -0.2) is 4.79 Å². The molecule has 1 heterocycles. The number of rotatable bonds is 8. The van der Waals surface area contributed by atoms with Gasteiger partial charge in [0.25, 0.3) is 0 Å². The van der Waals surface area contributed by atoms with E-state index in [0.29, 0.717) is 0 Å². The number of carboxylic acids is 1. The van der Waals surface area contributed by atoms with E-state index in [0.717, 1.165) is 16.8 Å². The fourth-order valence-corrected chi connectivity index (χ4v) is 2.44. The Morgan fingerprint density at radius 2 is 1.88 bits per heavy atom. The highest BCUT2D eigenvalue weighted by atomic mass is 16.4. The molecule has 9 nitrogen and oxygen atoms in total. The fraction of sp³-hybridized carbons (Fsp3) is 0.312. The van der Waals surface area contributed by atoms with E-state index in [2.05, 4.69) is 16.0 Å². The smallest absolute Gasteiger partial charge is 0.326 e. The van der Waals surface area contributed by atoms with Gasteiger partial charge in [0.05, 0.1) is 13.2 Å². The number of benzene rings is 1. The Morgan fingerprint density at radius 3 is 2.52 bits per heavy atom. The van der Waals surface area contributed by atoms with Crippen LogP contribution in [-0.4, -0.2) is 53.2 Å². The summed E-state index contributed by atoms with van der Waals surface area (Å²) < 4.78 is 0. The molecule has 0 fully saturated rings. The minimum atomic E-state index is -1.26. The molecule has 0 saturated heterocycles. The molecule has 0 bridgehead atoms. The molecule has 7 N–H and O–H groups in total. The predicted octanol–water partition coefficient (Wildman–Crippen LogP) is -2.58. The van der Waals surface area contributed by atoms with Crippen molar-refractivity contribution in [2.45, 2.75) is 18.5 Å². The highest BCUT2D eigenvalue weighted by Crippen LogP contribution is 2.27. The number of carbonyl (C=O) groups excluding carboxylic acids is 2. The number of aliphatic carboxylic acids is 1. The lowest BCUT2D eigenvalue weighted by molar-refractivity contribution is -0.491. The van der Waals surface area contributed by atoms with Gasteiger partial charge in [-0.3, -0.25) is 9.59 Å². The van der Waals surface area contributed by atoms with Crippen LogP contribution in [0.4, 0.5) is 5.69 Å². The van der Waals surface area contributed by atoms with Crippen molar-refractivity contribution < 1.29 is 29.9 Å². The van der Waals surface area contributed by atoms with Gasteiger partial charge >= 0.3 is 5.97 Å². The van der Waals surface area contributed by atoms with E-state index in [-0.39, 0.29) is 13.0 Å². The zero-order valence-corrected chi connectivity index (χ0v) is 13.4. The molecule has 2 rings (SSSR count). The number of carbonyl (C=O) groups is 3. The van der Waals surface area contributed by atoms with Crippen LogP contribution in [0.1, 0.15) is 12.0 Å². The average Bonchev–Trinajstić information content (AvgIpc) is 3.01. The molecule has 25 heavy (non-hydrogen) atoms. The Bertz CT molecular complexity index is 704. The van der Waals surface area contributed by atoms with Gasteiger partial charge in [-0.05, 0) is 6.07 Å². The van der Waals surface area contributed by atoms with Crippen molar-refractivity contribution >= 4 is 29.0 Å². The third-order valence-electron chi connectivity index (χ3n) is 3.73. The largest absolute Gasteiger partial charge is 0.480 e. The van der Waals surface area contributed by atoms with Gasteiger partial charge in [-0.2, -0.15) is 0 Å². The number of para-hydroxylation sites is 1. The molecule has 1 aromatic carbocycles. The maximum Gasteiger partial charge on any atom is 0.326 e. The molecule has 2 atom stereocenters. The van der Waals surface area contributed by atoms with Gasteiger partial charge in [0.1, 0.15) is 12.1 Å². The summed E-state index contributed by atoms with van der Waals surface area (Å²) >= 11 is 0. The second-order valence-electron chi connectivity index (χ2n) is 5.47. The Morgan fingerprint density at radius 1 is 1.16 bits per heavy atom. The van der Waals surface area contributed by atoms with E-state index in [1.54, 1.807) is 6.20 Å². The topological polar surface area (TPSA) is 157 Å². The Hall–Kier alpha value is -2.75. The van der Waals surface area contributed by atoms with Crippen LogP contribution < -0.4 is 21.7 Å². The number of aliphatic hydroxyl groups excluding tert-OH is 1. The molecule has 0 spiro atoms. The SMILES string of the molecule is NCC(=O)N[C@@H](CO)C(=O)N[C@@H](CC1=C[NH+]c2ccccc21)C(=O)O. The highest BCUT2D eigenvalue weighted by molar-refractivity contribution is 5.91. The molecular formula is C16H20N4O5+. The lowest BCUT2D eigenvalue weighted by Crippen LogP contribution is -2.69. The average molecular weight is 348 g/mol. The van der Waals surface area contributed by atoms with E-state index in [1.807, 2.05) is 24.3 Å². The van der Waals surface area contributed by atoms with Crippen LogP contribution in [0.5, 0.6) is 0 Å². The molecule has 9 heteroatoms. The molecule has 1 aromatic rings. The van der Waals surface area contributed by atoms with Gasteiger partial charge in [-0.1, -0.05) is 12.1 Å². The second kappa shape index (κ2) is 8.38. The quantitative estimate of drug-likeness (QED) is 0.303. The molecule has 0 aliphatic carbocycles. The Labute approximate surface area is 143 Å². The molecule has 0 unspecified atom stereocenters. The van der Waals surface area contributed by atoms with E-state index in [9.17, 15) is 24.6 Å². The number of hydrogen-bond donors (Lipinski definition) is 6. The first kappa shape index (κ1) is 18.6. The predicted molar refractivity (Wildman–Crippen MR) is 87.3 cm³/mol. The van der Waals surface area contributed by atoms with Gasteiger partial charge in [0, 0.05) is 23.6 Å². The van der Waals surface area contributed by atoms with Crippen LogP contribution in [0.2, 0.25) is 0 Å². The molecule has 2 amide bonds. The van der Waals surface area contributed by atoms with E-state index >= 15 is 0 Å². The molecular weight excluding hydrogens is 328 g/mol. The summed E-state index contributed by atoms with van der Waals surface area (Å²) in [6.45, 7) is -1.02. The fourth-order valence-electron chi connectivity index (χ4n) is 2.44. The molecule has 1 aliphatic rings. The third-order valence-corrected chi connectivity index (χ3v) is 3.73. The van der Waals surface area contributed by atoms with Crippen molar-refractivity contribution in [1.29, 1.82) is 0 Å². The van der Waals surface area contributed by atoms with Crippen LogP contribution in [0.15, 0.2) is 30.5 Å². The van der Waals surface area contributed by atoms with Crippen molar-refractivity contribution in [1.82, 2.24) is 10.6 Å². The van der Waals surface area contributed by atoms with Crippen molar-refractivity contribution in [2.75, 3.05) is 13.2 Å². The van der Waals surface area contributed by atoms with Crippen molar-refractivity contribution in [3.63, 3.8) is 0 Å². The lowest BCUT2D eigenvalue weighted by Gasteiger charge is -2.20. The second-order valence-corrected chi connectivity index (χ2v) is 5.47. The van der Waals surface area contributed by atoms with Crippen LogP contribution >= 0.6 is 0 Å². The molecule has 1 aliphatic heterocycles. The van der Waals surface area contributed by atoms with Crippen molar-refractivity contribution in [2.24, 2.45) is 5.73 Å². The summed E-state index contributed by atoms with van der Waals surface area (Å²) in [6, 6.07) is 4.91. The van der Waals surface area contributed by atoms with Crippen molar-refractivity contribution in [3.05, 3.63) is 36.0 Å². The minimum absolute atomic E-state index is 0.0497. The highest BCUT2D eigenvalue weighted by Gasteiger charge is 2.30. The maximum absolute atomic E-state index is 12.1. The lowest BCUT2D eigenvalue weighted by atomic mass is 10.00. The Balaban J connectivity index is 2.05. The van der Waals surface area contributed by atoms with E-state index in [1.165, 1.54) is 0 Å². The first-order valence-corrected chi connectivity index (χ1v) is 7.64. The monoisotopic (exact) mass is 348 g/mol. The Kier molecular flexibility index (Phi) is 6.23. The first-order chi connectivity index (χ1) is 12.0. The number of hydrogen-bond acceptors (Lipinski definition) is 6. The van der Waals surface area contributed by atoms with Crippen molar-refractivity contribution in [3.8, 4) is 0 Å². The van der Waals surface area contributed by atoms with Gasteiger partial charge in [0.2, 0.25) is 11.8 Å². The first-order valence-electron chi connectivity index (χ1n) is 7.64. The van der Waals surface area contributed by atoms with Gasteiger partial charge in [-0.15, -0.1) is 5.32 Å². The molecule has 0 aromatic heterocycles. The maximum atomic E-state index is 12.1. The molecule has 0 saturated carbocycles. The van der Waals surface area contributed by atoms with Crippen LogP contribution in [0, 0.1) is 0 Å². The number of anilines is 1. The summed E-state index contributed by atoms with van der Waals surface area (Å²) in [5.74, 6) is -2.64. The summed E-state index contributed by atoms with van der Waals surface area (Å²) in [5.41, 5.74) is 7.59. The summed E-state index contributed by atoms with van der Waals surface area (Å²) in [7, 11) is 0. The molecule has 1 radical (unpaired) electrons.